The average Bonchev–Trinajstić information content (AvgIpc) is 3.04. The molecule has 0 aliphatic rings. The van der Waals surface area contributed by atoms with Gasteiger partial charge in [-0.2, -0.15) is 0 Å². The second-order valence-electron chi connectivity index (χ2n) is 5.27. The lowest BCUT2D eigenvalue weighted by atomic mass is 10.1. The number of aliphatic hydroxyl groups is 1. The molecule has 8 heteroatoms. The van der Waals surface area contributed by atoms with E-state index in [0.717, 1.165) is 29.2 Å². The summed E-state index contributed by atoms with van der Waals surface area (Å²) in [4.78, 5) is 15.3. The normalized spacial score (nSPS) is 11.5. The van der Waals surface area contributed by atoms with Gasteiger partial charge in [-0.3, -0.25) is 0 Å². The van der Waals surface area contributed by atoms with E-state index in [9.17, 15) is 9.90 Å². The van der Waals surface area contributed by atoms with Crippen molar-refractivity contribution in [1.82, 2.24) is 10.3 Å². The van der Waals surface area contributed by atoms with Crippen molar-refractivity contribution in [3.05, 3.63) is 45.9 Å². The van der Waals surface area contributed by atoms with E-state index in [2.05, 4.69) is 15.0 Å². The SMILES string of the molecule is COC(=O)COc1ccc(CCNCC(O)c2csc(C)n2)cc1.Cl. The minimum Gasteiger partial charge on any atom is -0.482 e. The van der Waals surface area contributed by atoms with Gasteiger partial charge in [0.05, 0.1) is 17.8 Å². The quantitative estimate of drug-likeness (QED) is 0.508. The number of halogens is 1. The van der Waals surface area contributed by atoms with Gasteiger partial charge in [-0.25, -0.2) is 9.78 Å². The maximum atomic E-state index is 11.0. The van der Waals surface area contributed by atoms with Gasteiger partial charge in [-0.05, 0) is 37.6 Å². The number of ether oxygens (including phenoxy) is 2. The third kappa shape index (κ3) is 7.39. The summed E-state index contributed by atoms with van der Waals surface area (Å²) in [6.45, 7) is 3.06. The number of hydrogen-bond acceptors (Lipinski definition) is 7. The molecule has 2 aromatic rings. The zero-order chi connectivity index (χ0) is 17.4. The smallest absolute Gasteiger partial charge is 0.343 e. The highest BCUT2D eigenvalue weighted by Gasteiger charge is 2.10. The van der Waals surface area contributed by atoms with E-state index in [1.807, 2.05) is 36.6 Å². The van der Waals surface area contributed by atoms with Crippen LogP contribution in [0.4, 0.5) is 0 Å². The van der Waals surface area contributed by atoms with Crippen LogP contribution in [0.3, 0.4) is 0 Å². The second-order valence-corrected chi connectivity index (χ2v) is 6.33. The van der Waals surface area contributed by atoms with Crippen molar-refractivity contribution in [3.63, 3.8) is 0 Å². The molecule has 138 valence electrons. The van der Waals surface area contributed by atoms with Crippen LogP contribution in [0.1, 0.15) is 22.4 Å². The van der Waals surface area contributed by atoms with Gasteiger partial charge in [0.15, 0.2) is 6.61 Å². The van der Waals surface area contributed by atoms with Crippen molar-refractivity contribution in [3.8, 4) is 5.75 Å². The minimum atomic E-state index is -0.580. The first-order chi connectivity index (χ1) is 11.6. The van der Waals surface area contributed by atoms with Gasteiger partial charge in [0.2, 0.25) is 0 Å². The number of methoxy groups -OCH3 is 1. The minimum absolute atomic E-state index is 0. The van der Waals surface area contributed by atoms with E-state index in [1.54, 1.807) is 0 Å². The van der Waals surface area contributed by atoms with Crippen LogP contribution in [-0.2, 0) is 16.0 Å². The molecule has 0 aliphatic carbocycles. The van der Waals surface area contributed by atoms with Gasteiger partial charge in [0, 0.05) is 11.9 Å². The first-order valence-electron chi connectivity index (χ1n) is 7.68. The van der Waals surface area contributed by atoms with Gasteiger partial charge >= 0.3 is 5.97 Å². The molecule has 0 radical (unpaired) electrons. The van der Waals surface area contributed by atoms with Crippen LogP contribution in [0.5, 0.6) is 5.75 Å². The predicted octanol–water partition coefficient (Wildman–Crippen LogP) is 2.29. The fourth-order valence-electron chi connectivity index (χ4n) is 2.06. The standard InChI is InChI=1S/C17H22N2O4S.ClH/c1-12-19-15(11-24-12)16(20)9-18-8-7-13-3-5-14(6-4-13)23-10-17(21)22-2;/h3-6,11,16,18,20H,7-10H2,1-2H3;1H. The Bertz CT molecular complexity index is 648. The van der Waals surface area contributed by atoms with Crippen molar-refractivity contribution < 1.29 is 19.4 Å². The van der Waals surface area contributed by atoms with Crippen LogP contribution in [0.15, 0.2) is 29.6 Å². The first-order valence-corrected chi connectivity index (χ1v) is 8.56. The zero-order valence-corrected chi connectivity index (χ0v) is 15.9. The number of nitrogens with one attached hydrogen (secondary N) is 1. The summed E-state index contributed by atoms with van der Waals surface area (Å²) in [6, 6.07) is 7.55. The maximum absolute atomic E-state index is 11.0. The molecule has 1 atom stereocenters. The van der Waals surface area contributed by atoms with Crippen molar-refractivity contribution in [1.29, 1.82) is 0 Å². The fourth-order valence-corrected chi connectivity index (χ4v) is 2.72. The van der Waals surface area contributed by atoms with E-state index in [0.29, 0.717) is 12.3 Å². The number of aromatic nitrogens is 1. The molecule has 1 aromatic carbocycles. The topological polar surface area (TPSA) is 80.7 Å². The van der Waals surface area contributed by atoms with Gasteiger partial charge in [0.25, 0.3) is 0 Å². The molecule has 2 rings (SSSR count). The number of thiazole rings is 1. The summed E-state index contributed by atoms with van der Waals surface area (Å²) in [6.07, 6.45) is 0.254. The molecule has 0 saturated carbocycles. The third-order valence-corrected chi connectivity index (χ3v) is 4.21. The summed E-state index contributed by atoms with van der Waals surface area (Å²) in [5.41, 5.74) is 1.86. The van der Waals surface area contributed by atoms with Crippen LogP contribution in [0, 0.1) is 6.92 Å². The lowest BCUT2D eigenvalue weighted by Gasteiger charge is -2.10. The van der Waals surface area contributed by atoms with Gasteiger partial charge < -0.3 is 19.9 Å². The van der Waals surface area contributed by atoms with Crippen molar-refractivity contribution in [2.45, 2.75) is 19.4 Å². The number of carbonyl (C=O) groups excluding carboxylic acids is 1. The Balaban J connectivity index is 0.00000312. The Hall–Kier alpha value is -1.67. The van der Waals surface area contributed by atoms with Crippen LogP contribution < -0.4 is 10.1 Å². The van der Waals surface area contributed by atoms with Crippen molar-refractivity contribution in [2.24, 2.45) is 0 Å². The average molecular weight is 387 g/mol. The number of aliphatic hydroxyl groups excluding tert-OH is 1. The van der Waals surface area contributed by atoms with E-state index in [4.69, 9.17) is 4.74 Å². The Kier molecular flexibility index (Phi) is 9.44. The molecule has 6 nitrogen and oxygen atoms in total. The maximum Gasteiger partial charge on any atom is 0.343 e. The largest absolute Gasteiger partial charge is 0.482 e. The number of rotatable bonds is 9. The van der Waals surface area contributed by atoms with Crippen LogP contribution in [-0.4, -0.2) is 42.9 Å². The number of aryl methyl sites for hydroxylation is 1. The molecule has 1 aromatic heterocycles. The summed E-state index contributed by atoms with van der Waals surface area (Å²) in [5, 5.41) is 16.1. The third-order valence-electron chi connectivity index (χ3n) is 3.41. The van der Waals surface area contributed by atoms with Crippen LogP contribution in [0.2, 0.25) is 0 Å². The van der Waals surface area contributed by atoms with Crippen molar-refractivity contribution in [2.75, 3.05) is 26.8 Å². The molecular weight excluding hydrogens is 364 g/mol. The molecule has 1 heterocycles. The van der Waals surface area contributed by atoms with Crippen molar-refractivity contribution >= 4 is 29.7 Å². The highest BCUT2D eigenvalue weighted by Crippen LogP contribution is 2.15. The highest BCUT2D eigenvalue weighted by molar-refractivity contribution is 7.09. The van der Waals surface area contributed by atoms with Gasteiger partial charge in [-0.1, -0.05) is 12.1 Å². The fraction of sp³-hybridized carbons (Fsp3) is 0.412. The molecule has 0 fully saturated rings. The Morgan fingerprint density at radius 3 is 2.68 bits per heavy atom. The second kappa shape index (κ2) is 11.0. The summed E-state index contributed by atoms with van der Waals surface area (Å²) in [5.74, 6) is 0.226. The lowest BCUT2D eigenvalue weighted by molar-refractivity contribution is -0.142. The Morgan fingerprint density at radius 1 is 1.36 bits per heavy atom. The molecule has 0 saturated heterocycles. The molecule has 0 aliphatic heterocycles. The first kappa shape index (κ1) is 21.4. The Labute approximate surface area is 157 Å². The summed E-state index contributed by atoms with van der Waals surface area (Å²) in [7, 11) is 1.33. The van der Waals surface area contributed by atoms with E-state index in [1.165, 1.54) is 18.4 Å². The number of esters is 1. The number of benzene rings is 1. The molecule has 25 heavy (non-hydrogen) atoms. The van der Waals surface area contributed by atoms with E-state index in [-0.39, 0.29) is 19.0 Å². The predicted molar refractivity (Wildman–Crippen MR) is 99.6 cm³/mol. The summed E-state index contributed by atoms with van der Waals surface area (Å²) < 4.78 is 9.81. The summed E-state index contributed by atoms with van der Waals surface area (Å²) >= 11 is 1.54. The number of nitrogens with zero attached hydrogens (tertiary/aromatic N) is 1. The molecule has 0 amide bonds. The number of hydrogen-bond donors (Lipinski definition) is 2. The zero-order valence-electron chi connectivity index (χ0n) is 14.2. The van der Waals surface area contributed by atoms with Gasteiger partial charge in [0.1, 0.15) is 11.9 Å². The van der Waals surface area contributed by atoms with Crippen LogP contribution >= 0.6 is 23.7 Å². The molecule has 0 bridgehead atoms. The molecular formula is C17H23ClN2O4S. The van der Waals surface area contributed by atoms with Gasteiger partial charge in [-0.15, -0.1) is 23.7 Å². The molecule has 0 spiro atoms. The highest BCUT2D eigenvalue weighted by atomic mass is 35.5. The molecule has 2 N–H and O–H groups in total. The molecule has 1 unspecified atom stereocenters. The monoisotopic (exact) mass is 386 g/mol. The van der Waals surface area contributed by atoms with E-state index >= 15 is 0 Å². The Morgan fingerprint density at radius 2 is 2.08 bits per heavy atom. The van der Waals surface area contributed by atoms with E-state index < -0.39 is 12.1 Å². The number of carbonyl (C=O) groups is 1. The van der Waals surface area contributed by atoms with Crippen LogP contribution in [0.25, 0.3) is 0 Å². The lowest BCUT2D eigenvalue weighted by Crippen LogP contribution is -2.24.